The lowest BCUT2D eigenvalue weighted by molar-refractivity contribution is -0.0549. The van der Waals surface area contributed by atoms with Crippen LogP contribution in [0.1, 0.15) is 27.2 Å². The molecule has 0 aromatic rings. The van der Waals surface area contributed by atoms with Crippen molar-refractivity contribution in [2.24, 2.45) is 5.92 Å². The summed E-state index contributed by atoms with van der Waals surface area (Å²) in [7, 11) is 0. The first-order valence-corrected chi connectivity index (χ1v) is 5.56. The molecule has 0 aliphatic carbocycles. The van der Waals surface area contributed by atoms with Crippen LogP contribution in [0.5, 0.6) is 0 Å². The van der Waals surface area contributed by atoms with Crippen molar-refractivity contribution in [3.05, 3.63) is 0 Å². The molecule has 0 aliphatic rings. The molecule has 0 aromatic heterocycles. The zero-order valence-corrected chi connectivity index (χ0v) is 9.98. The molecular weight excluding hydrogens is 196 g/mol. The summed E-state index contributed by atoms with van der Waals surface area (Å²) in [5, 5.41) is 18.1. The van der Waals surface area contributed by atoms with Crippen LogP contribution in [-0.2, 0) is 9.47 Å². The van der Waals surface area contributed by atoms with Gasteiger partial charge in [0, 0.05) is 13.2 Å². The van der Waals surface area contributed by atoms with E-state index in [0.717, 1.165) is 6.61 Å². The van der Waals surface area contributed by atoms with Crippen LogP contribution in [0, 0.1) is 5.92 Å². The predicted octanol–water partition coefficient (Wildman–Crippen LogP) is 0.807. The Morgan fingerprint density at radius 1 is 1.13 bits per heavy atom. The first-order valence-electron chi connectivity index (χ1n) is 5.56. The number of hydrogen-bond donors (Lipinski definition) is 2. The van der Waals surface area contributed by atoms with E-state index in [-0.39, 0.29) is 12.7 Å². The fourth-order valence-electron chi connectivity index (χ4n) is 1.09. The SMILES string of the molecule is CC(C)COCCOC(C)C(O)CCO. The average molecular weight is 220 g/mol. The van der Waals surface area contributed by atoms with E-state index in [2.05, 4.69) is 13.8 Å². The Balaban J connectivity index is 3.34. The summed E-state index contributed by atoms with van der Waals surface area (Å²) in [5.41, 5.74) is 0. The lowest BCUT2D eigenvalue weighted by Crippen LogP contribution is -2.28. The summed E-state index contributed by atoms with van der Waals surface area (Å²) in [5.74, 6) is 0.530. The van der Waals surface area contributed by atoms with Crippen LogP contribution in [0.4, 0.5) is 0 Å². The van der Waals surface area contributed by atoms with Gasteiger partial charge in [0.2, 0.25) is 0 Å². The molecule has 0 spiro atoms. The van der Waals surface area contributed by atoms with Crippen molar-refractivity contribution in [3.63, 3.8) is 0 Å². The van der Waals surface area contributed by atoms with Crippen molar-refractivity contribution in [1.82, 2.24) is 0 Å². The number of ether oxygens (including phenoxy) is 2. The van der Waals surface area contributed by atoms with Gasteiger partial charge < -0.3 is 19.7 Å². The van der Waals surface area contributed by atoms with E-state index in [9.17, 15) is 5.11 Å². The second-order valence-corrected chi connectivity index (χ2v) is 4.12. The van der Waals surface area contributed by atoms with E-state index in [4.69, 9.17) is 14.6 Å². The minimum absolute atomic E-state index is 0.0152. The Morgan fingerprint density at radius 3 is 2.33 bits per heavy atom. The van der Waals surface area contributed by atoms with Gasteiger partial charge in [-0.25, -0.2) is 0 Å². The monoisotopic (exact) mass is 220 g/mol. The molecule has 15 heavy (non-hydrogen) atoms. The van der Waals surface area contributed by atoms with Gasteiger partial charge in [0.05, 0.1) is 25.4 Å². The molecule has 0 rings (SSSR count). The van der Waals surface area contributed by atoms with Crippen LogP contribution in [0.15, 0.2) is 0 Å². The minimum atomic E-state index is -0.597. The summed E-state index contributed by atoms with van der Waals surface area (Å²) in [4.78, 5) is 0. The van der Waals surface area contributed by atoms with Gasteiger partial charge in [-0.1, -0.05) is 13.8 Å². The van der Waals surface area contributed by atoms with E-state index in [1.807, 2.05) is 0 Å². The van der Waals surface area contributed by atoms with Gasteiger partial charge in [0.25, 0.3) is 0 Å². The second kappa shape index (κ2) is 9.09. The largest absolute Gasteiger partial charge is 0.396 e. The molecule has 0 saturated carbocycles. The van der Waals surface area contributed by atoms with Gasteiger partial charge >= 0.3 is 0 Å². The van der Waals surface area contributed by atoms with Crippen molar-refractivity contribution in [3.8, 4) is 0 Å². The Bertz CT molecular complexity index is 139. The Hall–Kier alpha value is -0.160. The third-order valence-electron chi connectivity index (χ3n) is 2.03. The van der Waals surface area contributed by atoms with Gasteiger partial charge in [-0.05, 0) is 19.3 Å². The summed E-state index contributed by atoms with van der Waals surface area (Å²) >= 11 is 0. The Morgan fingerprint density at radius 2 is 1.80 bits per heavy atom. The molecule has 0 aromatic carbocycles. The lowest BCUT2D eigenvalue weighted by atomic mass is 10.2. The second-order valence-electron chi connectivity index (χ2n) is 4.12. The highest BCUT2D eigenvalue weighted by atomic mass is 16.5. The zero-order chi connectivity index (χ0) is 11.7. The Labute approximate surface area is 92.2 Å². The van der Waals surface area contributed by atoms with E-state index < -0.39 is 6.10 Å². The Kier molecular flexibility index (Phi) is 9.00. The highest BCUT2D eigenvalue weighted by molar-refractivity contribution is 4.63. The van der Waals surface area contributed by atoms with E-state index in [0.29, 0.717) is 25.6 Å². The first-order chi connectivity index (χ1) is 7.07. The molecular formula is C11H24O4. The van der Waals surface area contributed by atoms with E-state index in [1.165, 1.54) is 0 Å². The molecule has 0 heterocycles. The molecule has 0 amide bonds. The molecule has 4 heteroatoms. The molecule has 2 unspecified atom stereocenters. The standard InChI is InChI=1S/C11H24O4/c1-9(2)8-14-6-7-15-10(3)11(13)4-5-12/h9-13H,4-8H2,1-3H3. The minimum Gasteiger partial charge on any atom is -0.396 e. The molecule has 92 valence electrons. The fraction of sp³-hybridized carbons (Fsp3) is 1.00. The van der Waals surface area contributed by atoms with Gasteiger partial charge in [0.1, 0.15) is 0 Å². The molecule has 2 N–H and O–H groups in total. The van der Waals surface area contributed by atoms with E-state index >= 15 is 0 Å². The summed E-state index contributed by atoms with van der Waals surface area (Å²) < 4.78 is 10.7. The summed E-state index contributed by atoms with van der Waals surface area (Å²) in [6.45, 7) is 7.73. The predicted molar refractivity (Wildman–Crippen MR) is 58.8 cm³/mol. The summed E-state index contributed by atoms with van der Waals surface area (Å²) in [6, 6.07) is 0. The van der Waals surface area contributed by atoms with Crippen LogP contribution < -0.4 is 0 Å². The number of aliphatic hydroxyl groups is 2. The van der Waals surface area contributed by atoms with Gasteiger partial charge in [0.15, 0.2) is 0 Å². The summed E-state index contributed by atoms with van der Waals surface area (Å²) in [6.07, 6.45) is -0.492. The van der Waals surface area contributed by atoms with Gasteiger partial charge in [-0.15, -0.1) is 0 Å². The highest BCUT2D eigenvalue weighted by Gasteiger charge is 2.13. The maximum absolute atomic E-state index is 9.44. The maximum Gasteiger partial charge on any atom is 0.0820 e. The van der Waals surface area contributed by atoms with Gasteiger partial charge in [-0.2, -0.15) is 0 Å². The van der Waals surface area contributed by atoms with Crippen molar-refractivity contribution in [2.75, 3.05) is 26.4 Å². The van der Waals surface area contributed by atoms with Crippen LogP contribution in [0.25, 0.3) is 0 Å². The molecule has 2 atom stereocenters. The zero-order valence-electron chi connectivity index (χ0n) is 9.98. The quantitative estimate of drug-likeness (QED) is 0.564. The van der Waals surface area contributed by atoms with Crippen LogP contribution in [0.2, 0.25) is 0 Å². The molecule has 0 bridgehead atoms. The molecule has 0 radical (unpaired) electrons. The van der Waals surface area contributed by atoms with Crippen LogP contribution in [0.3, 0.4) is 0 Å². The fourth-order valence-corrected chi connectivity index (χ4v) is 1.09. The van der Waals surface area contributed by atoms with Gasteiger partial charge in [-0.3, -0.25) is 0 Å². The van der Waals surface area contributed by atoms with Crippen molar-refractivity contribution in [1.29, 1.82) is 0 Å². The third-order valence-corrected chi connectivity index (χ3v) is 2.03. The molecule has 0 saturated heterocycles. The number of hydrogen-bond acceptors (Lipinski definition) is 4. The molecule has 0 aliphatic heterocycles. The maximum atomic E-state index is 9.44. The average Bonchev–Trinajstić information content (AvgIpc) is 2.16. The number of aliphatic hydroxyl groups excluding tert-OH is 2. The van der Waals surface area contributed by atoms with Crippen molar-refractivity contribution >= 4 is 0 Å². The van der Waals surface area contributed by atoms with Crippen LogP contribution >= 0.6 is 0 Å². The molecule has 4 nitrogen and oxygen atoms in total. The lowest BCUT2D eigenvalue weighted by Gasteiger charge is -2.18. The highest BCUT2D eigenvalue weighted by Crippen LogP contribution is 2.02. The smallest absolute Gasteiger partial charge is 0.0820 e. The first kappa shape index (κ1) is 14.8. The third kappa shape index (κ3) is 8.81. The van der Waals surface area contributed by atoms with E-state index in [1.54, 1.807) is 6.92 Å². The van der Waals surface area contributed by atoms with Crippen molar-refractivity contribution < 1.29 is 19.7 Å². The van der Waals surface area contributed by atoms with Crippen LogP contribution in [-0.4, -0.2) is 48.8 Å². The van der Waals surface area contributed by atoms with Crippen molar-refractivity contribution in [2.45, 2.75) is 39.4 Å². The number of rotatable bonds is 9. The topological polar surface area (TPSA) is 58.9 Å². The molecule has 0 fully saturated rings. The normalized spacial score (nSPS) is 15.6.